The van der Waals surface area contributed by atoms with Crippen LogP contribution >= 0.6 is 0 Å². The van der Waals surface area contributed by atoms with E-state index in [1.165, 1.54) is 103 Å². The van der Waals surface area contributed by atoms with Crippen LogP contribution in [0.2, 0.25) is 0 Å². The third-order valence-electron chi connectivity index (χ3n) is 26.2. The van der Waals surface area contributed by atoms with Crippen LogP contribution in [-0.2, 0) is 19.1 Å². The summed E-state index contributed by atoms with van der Waals surface area (Å²) < 4.78 is 11.7. The van der Waals surface area contributed by atoms with E-state index in [9.17, 15) is 14.7 Å². The van der Waals surface area contributed by atoms with Crippen LogP contribution in [0.25, 0.3) is 0 Å². The molecular weight excluding hydrogens is 893 g/mol. The lowest BCUT2D eigenvalue weighted by Crippen LogP contribution is -2.68. The summed E-state index contributed by atoms with van der Waals surface area (Å²) in [5, 5.41) is 16.1. The van der Waals surface area contributed by atoms with Gasteiger partial charge in [-0.05, 0) is 232 Å². The Labute approximate surface area is 439 Å². The molecule has 0 spiro atoms. The van der Waals surface area contributed by atoms with Crippen molar-refractivity contribution in [3.05, 3.63) is 11.6 Å². The molecule has 0 aromatic carbocycles. The number of rotatable bonds is 15. The van der Waals surface area contributed by atoms with Crippen LogP contribution in [0.3, 0.4) is 0 Å². The van der Waals surface area contributed by atoms with Gasteiger partial charge in [0.1, 0.15) is 12.1 Å². The lowest BCUT2D eigenvalue weighted by molar-refractivity contribution is -0.243. The lowest BCUT2D eigenvalue weighted by Gasteiger charge is -2.73. The van der Waals surface area contributed by atoms with Crippen LogP contribution in [0.1, 0.15) is 231 Å². The Hall–Kier alpha value is -2.09. The molecule has 0 aromatic rings. The Bertz CT molecular complexity index is 2030. The molecule has 408 valence electrons. The van der Waals surface area contributed by atoms with Crippen LogP contribution in [0, 0.1) is 109 Å². The molecule has 9 rings (SSSR count). The fraction of sp³-hybridized carbons (Fsp3) is 0.922. The zero-order valence-electron chi connectivity index (χ0n) is 48.2. The van der Waals surface area contributed by atoms with Crippen LogP contribution in [-0.4, -0.2) is 55.0 Å². The summed E-state index contributed by atoms with van der Waals surface area (Å²) in [4.78, 5) is 39.1. The number of allylic oxidation sites excluding steroid dienone is 1. The van der Waals surface area contributed by atoms with Gasteiger partial charge in [0.2, 0.25) is 0 Å². The Balaban J connectivity index is 0.863. The molecule has 4 unspecified atom stereocenters. The minimum Gasteiger partial charge on any atom is -0.480 e. The third-order valence-corrected chi connectivity index (χ3v) is 26.2. The largest absolute Gasteiger partial charge is 0.480 e. The second-order valence-corrected chi connectivity index (χ2v) is 29.9. The number of esters is 1. The minimum absolute atomic E-state index is 0.0212. The van der Waals surface area contributed by atoms with E-state index in [1.807, 2.05) is 0 Å². The van der Waals surface area contributed by atoms with E-state index in [4.69, 9.17) is 4.74 Å². The highest BCUT2D eigenvalue weighted by molar-refractivity contribution is 5.80. The summed E-state index contributed by atoms with van der Waals surface area (Å²) >= 11 is 0. The Morgan fingerprint density at radius 1 is 0.708 bits per heavy atom. The number of hydrogen-bond acceptors (Lipinski definition) is 6. The van der Waals surface area contributed by atoms with Gasteiger partial charge in [-0.15, -0.1) is 0 Å². The van der Waals surface area contributed by atoms with Gasteiger partial charge in [0.05, 0.1) is 12.5 Å². The van der Waals surface area contributed by atoms with Crippen molar-refractivity contribution >= 4 is 18.0 Å². The highest BCUT2D eigenvalue weighted by atomic mass is 16.5. The normalized spacial score (nSPS) is 45.7. The average molecular weight is 1000 g/mol. The number of carboxylic acid groups (broad SMARTS) is 1. The highest BCUT2D eigenvalue weighted by Gasteiger charge is 2.72. The topological polar surface area (TPSA) is 114 Å². The molecule has 8 heteroatoms. The van der Waals surface area contributed by atoms with E-state index in [0.717, 1.165) is 80.6 Å². The van der Waals surface area contributed by atoms with Crippen molar-refractivity contribution in [2.75, 3.05) is 13.7 Å². The molecule has 8 fully saturated rings. The number of nitrogens with one attached hydrogen (secondary N) is 2. The summed E-state index contributed by atoms with van der Waals surface area (Å²) in [5.74, 6) is 7.52. The van der Waals surface area contributed by atoms with Gasteiger partial charge in [0, 0.05) is 12.5 Å². The van der Waals surface area contributed by atoms with E-state index in [1.54, 1.807) is 5.57 Å². The Morgan fingerprint density at radius 2 is 1.44 bits per heavy atom. The number of ether oxygens (including phenoxy) is 2. The number of alkyl carbamates (subject to hydrolysis) is 1. The molecule has 0 radical (unpaired) electrons. The molecule has 0 aromatic heterocycles. The van der Waals surface area contributed by atoms with Crippen molar-refractivity contribution in [3.8, 4) is 0 Å². The van der Waals surface area contributed by atoms with Crippen molar-refractivity contribution < 1.29 is 29.0 Å². The molecule has 9 aliphatic rings. The number of carbonyl (C=O) groups excluding carboxylic acids is 2. The minimum atomic E-state index is -1.03. The zero-order chi connectivity index (χ0) is 52.0. The van der Waals surface area contributed by atoms with Crippen molar-refractivity contribution in [3.63, 3.8) is 0 Å². The third kappa shape index (κ3) is 8.80. The maximum atomic E-state index is 15.5. The van der Waals surface area contributed by atoms with Crippen molar-refractivity contribution in [2.24, 2.45) is 109 Å². The molecule has 3 N–H and O–H groups in total. The number of hydrogen-bond donors (Lipinski definition) is 3. The summed E-state index contributed by atoms with van der Waals surface area (Å²) in [6, 6.07) is -0.588. The Morgan fingerprint density at radius 3 is 2.15 bits per heavy atom. The van der Waals surface area contributed by atoms with Crippen LogP contribution in [0.5, 0.6) is 0 Å². The van der Waals surface area contributed by atoms with Gasteiger partial charge in [-0.1, -0.05) is 114 Å². The fourth-order valence-electron chi connectivity index (χ4n) is 22.2. The van der Waals surface area contributed by atoms with Gasteiger partial charge in [-0.2, -0.15) is 0 Å². The highest BCUT2D eigenvalue weighted by Crippen LogP contribution is 2.78. The summed E-state index contributed by atoms with van der Waals surface area (Å²) in [5.41, 5.74) is 2.80. The van der Waals surface area contributed by atoms with Gasteiger partial charge in [0.25, 0.3) is 0 Å². The first-order valence-electron chi connectivity index (χ1n) is 30.6. The average Bonchev–Trinajstić information content (AvgIpc) is 3.90. The monoisotopic (exact) mass is 999 g/mol. The quantitative estimate of drug-likeness (QED) is 0.0851. The first-order valence-corrected chi connectivity index (χ1v) is 30.6. The number of methoxy groups -OCH3 is 1. The Kier molecular flexibility index (Phi) is 15.2. The van der Waals surface area contributed by atoms with E-state index < -0.39 is 18.1 Å². The van der Waals surface area contributed by atoms with E-state index in [2.05, 4.69) is 105 Å². The molecule has 1 amide bonds. The van der Waals surface area contributed by atoms with Gasteiger partial charge >= 0.3 is 18.0 Å². The predicted molar refractivity (Wildman–Crippen MR) is 290 cm³/mol. The van der Waals surface area contributed by atoms with Crippen LogP contribution < -0.4 is 10.6 Å². The maximum absolute atomic E-state index is 15.5. The SMILES string of the molecule is COC(=O)NC(CCCNC1CC[C@@]2(C)C(CC[C@]3(C)[C@@H]2CC[C@@H]2C4[C@H](C(C)C)CC[C@]4(C(=O)O[C@H]4CC[C@@]5(C)C(=CC[C@H]6[C@@H]7CC[C@H]([C@H](C)CCCC(C)C)[C@@]7(C)CC[C@@H]65)C4)CC[C@]23C)C1(C)C)C(=O)O. The fourth-order valence-corrected chi connectivity index (χ4v) is 22.2. The van der Waals surface area contributed by atoms with E-state index >= 15 is 4.79 Å². The van der Waals surface area contributed by atoms with E-state index in [0.29, 0.717) is 59.8 Å². The standard InChI is InChI=1S/C64H106N2O6/c1-39(2)16-14-17-41(5)46-21-22-47-45-20-19-42-38-43(25-30-59(42,8)48(45)27-31-60(46,47)9)72-56(69)64-34-26-44(40(3)4)54(64)49-23-24-52-61(10)32-29-53(65-37-15-18-50(55(67)68)66-57(70)71-13)58(6,7)51(61)28-33-63(52,12)62(49,11)35-36-64/h19,39-41,43-54,65H,14-18,20-38H2,1-13H3,(H,66,70)(H,67,68)/t41-,43+,44+,45+,46-,47+,48+,49-,50?,51?,52-,53?,54?,59+,60-,61+,62-,63-,64+/m1/s1. The van der Waals surface area contributed by atoms with Gasteiger partial charge in [-0.25, -0.2) is 9.59 Å². The van der Waals surface area contributed by atoms with Crippen molar-refractivity contribution in [2.45, 2.75) is 249 Å². The molecule has 0 aliphatic heterocycles. The number of fused-ring (bicyclic) bond motifs is 12. The first kappa shape index (κ1) is 54.7. The summed E-state index contributed by atoms with van der Waals surface area (Å²) in [7, 11) is 1.26. The second-order valence-electron chi connectivity index (χ2n) is 29.9. The van der Waals surface area contributed by atoms with Crippen molar-refractivity contribution in [1.29, 1.82) is 0 Å². The predicted octanol–water partition coefficient (Wildman–Crippen LogP) is 15.2. The molecule has 0 heterocycles. The second kappa shape index (κ2) is 20.0. The number of carboxylic acids is 1. The van der Waals surface area contributed by atoms with Crippen LogP contribution in [0.15, 0.2) is 11.6 Å². The molecule has 9 aliphatic carbocycles. The molecular formula is C64H106N2O6. The molecule has 72 heavy (non-hydrogen) atoms. The number of aliphatic carboxylic acids is 1. The molecule has 19 atom stereocenters. The van der Waals surface area contributed by atoms with Crippen molar-refractivity contribution in [1.82, 2.24) is 10.6 Å². The van der Waals surface area contributed by atoms with E-state index in [-0.39, 0.29) is 44.6 Å². The van der Waals surface area contributed by atoms with Gasteiger partial charge < -0.3 is 25.2 Å². The maximum Gasteiger partial charge on any atom is 0.407 e. The molecule has 0 bridgehead atoms. The zero-order valence-corrected chi connectivity index (χ0v) is 48.2. The summed E-state index contributed by atoms with van der Waals surface area (Å²) in [6.07, 6.45) is 29.0. The summed E-state index contributed by atoms with van der Waals surface area (Å²) in [6.45, 7) is 31.5. The smallest absolute Gasteiger partial charge is 0.407 e. The van der Waals surface area contributed by atoms with Gasteiger partial charge in [-0.3, -0.25) is 4.79 Å². The molecule has 0 saturated heterocycles. The first-order chi connectivity index (χ1) is 33.9. The molecule has 8 saturated carbocycles. The van der Waals surface area contributed by atoms with Gasteiger partial charge in [0.15, 0.2) is 0 Å². The van der Waals surface area contributed by atoms with Crippen LogP contribution in [0.4, 0.5) is 4.79 Å². The number of amides is 1. The number of carbonyl (C=O) groups is 3. The molecule has 8 nitrogen and oxygen atoms in total. The lowest BCUT2D eigenvalue weighted by atomic mass is 9.32.